The van der Waals surface area contributed by atoms with Gasteiger partial charge in [0.15, 0.2) is 6.29 Å². The molecule has 1 fully saturated rings. The zero-order valence-electron chi connectivity index (χ0n) is 9.99. The van der Waals surface area contributed by atoms with Gasteiger partial charge >= 0.3 is 0 Å². The summed E-state index contributed by atoms with van der Waals surface area (Å²) >= 11 is 0. The van der Waals surface area contributed by atoms with E-state index in [0.29, 0.717) is 13.2 Å². The van der Waals surface area contributed by atoms with Gasteiger partial charge in [0.05, 0.1) is 18.8 Å². The molecule has 0 bridgehead atoms. The minimum Gasteiger partial charge on any atom is -0.386 e. The molecule has 0 spiro atoms. The van der Waals surface area contributed by atoms with Crippen LogP contribution in [-0.2, 0) is 15.1 Å². The van der Waals surface area contributed by atoms with E-state index in [1.165, 1.54) is 0 Å². The van der Waals surface area contributed by atoms with E-state index in [4.69, 9.17) is 9.47 Å². The third-order valence-electron chi connectivity index (χ3n) is 2.70. The van der Waals surface area contributed by atoms with E-state index in [9.17, 15) is 5.11 Å². The summed E-state index contributed by atoms with van der Waals surface area (Å²) in [6, 6.07) is 5.96. The number of ether oxygens (including phenoxy) is 2. The Morgan fingerprint density at radius 3 is 2.38 bits per heavy atom. The smallest absolute Gasteiger partial charge is 0.184 e. The van der Waals surface area contributed by atoms with Crippen LogP contribution in [0.5, 0.6) is 0 Å². The molecule has 1 saturated heterocycles. The van der Waals surface area contributed by atoms with E-state index < -0.39 is 5.60 Å². The van der Waals surface area contributed by atoms with Crippen molar-refractivity contribution < 1.29 is 14.6 Å². The van der Waals surface area contributed by atoms with Crippen LogP contribution < -0.4 is 0 Å². The monoisotopic (exact) mass is 222 g/mol. The van der Waals surface area contributed by atoms with Crippen LogP contribution in [0.1, 0.15) is 36.8 Å². The van der Waals surface area contributed by atoms with Gasteiger partial charge in [0, 0.05) is 5.56 Å². The normalized spacial score (nSPS) is 18.0. The molecule has 3 heteroatoms. The maximum absolute atomic E-state index is 10.00. The highest BCUT2D eigenvalue weighted by Crippen LogP contribution is 2.29. The zero-order chi connectivity index (χ0) is 11.8. The molecular weight excluding hydrogens is 204 g/mol. The Morgan fingerprint density at radius 1 is 1.19 bits per heavy atom. The largest absolute Gasteiger partial charge is 0.386 e. The highest BCUT2D eigenvalue weighted by molar-refractivity contribution is 5.33. The first-order valence-corrected chi connectivity index (χ1v) is 5.54. The molecule has 1 aliphatic rings. The maximum Gasteiger partial charge on any atom is 0.184 e. The number of aliphatic hydroxyl groups is 1. The lowest BCUT2D eigenvalue weighted by atomic mass is 9.94. The average molecular weight is 222 g/mol. The molecule has 0 aromatic heterocycles. The highest BCUT2D eigenvalue weighted by Gasteiger charge is 2.22. The fourth-order valence-corrected chi connectivity index (χ4v) is 1.85. The molecule has 1 aliphatic heterocycles. The van der Waals surface area contributed by atoms with Crippen molar-refractivity contribution in [2.24, 2.45) is 0 Å². The molecule has 0 amide bonds. The van der Waals surface area contributed by atoms with Crippen LogP contribution in [0.25, 0.3) is 0 Å². The first kappa shape index (κ1) is 11.6. The van der Waals surface area contributed by atoms with Gasteiger partial charge < -0.3 is 14.6 Å². The predicted molar refractivity (Wildman–Crippen MR) is 61.1 cm³/mol. The summed E-state index contributed by atoms with van der Waals surface area (Å²) in [6.45, 7) is 6.84. The molecule has 16 heavy (non-hydrogen) atoms. The number of benzene rings is 1. The Labute approximate surface area is 96.0 Å². The summed E-state index contributed by atoms with van der Waals surface area (Å²) in [5.41, 5.74) is 2.14. The van der Waals surface area contributed by atoms with Crippen LogP contribution >= 0.6 is 0 Å². The molecule has 0 atom stereocenters. The summed E-state index contributed by atoms with van der Waals surface area (Å²) in [6.07, 6.45) is -0.277. The van der Waals surface area contributed by atoms with Crippen LogP contribution in [0.2, 0.25) is 0 Å². The Balaban J connectivity index is 2.35. The van der Waals surface area contributed by atoms with Crippen LogP contribution in [0.4, 0.5) is 0 Å². The van der Waals surface area contributed by atoms with E-state index in [2.05, 4.69) is 0 Å². The number of hydrogen-bond donors (Lipinski definition) is 1. The van der Waals surface area contributed by atoms with Crippen molar-refractivity contribution in [3.8, 4) is 0 Å². The second-order valence-electron chi connectivity index (χ2n) is 4.76. The lowest BCUT2D eigenvalue weighted by Gasteiger charge is -2.20. The van der Waals surface area contributed by atoms with Crippen LogP contribution in [0.15, 0.2) is 18.2 Å². The van der Waals surface area contributed by atoms with Gasteiger partial charge in [-0.15, -0.1) is 0 Å². The van der Waals surface area contributed by atoms with Gasteiger partial charge in [-0.2, -0.15) is 0 Å². The van der Waals surface area contributed by atoms with Gasteiger partial charge in [0.1, 0.15) is 0 Å². The van der Waals surface area contributed by atoms with Crippen molar-refractivity contribution in [1.29, 1.82) is 0 Å². The molecule has 0 unspecified atom stereocenters. The topological polar surface area (TPSA) is 38.7 Å². The van der Waals surface area contributed by atoms with Crippen molar-refractivity contribution in [2.45, 2.75) is 32.7 Å². The molecule has 1 N–H and O–H groups in total. The van der Waals surface area contributed by atoms with Gasteiger partial charge in [-0.05, 0) is 32.4 Å². The molecule has 1 aromatic carbocycles. The van der Waals surface area contributed by atoms with Gasteiger partial charge in [0.2, 0.25) is 0 Å². The molecule has 3 nitrogen and oxygen atoms in total. The van der Waals surface area contributed by atoms with Gasteiger partial charge in [0.25, 0.3) is 0 Å². The Hall–Kier alpha value is -0.900. The summed E-state index contributed by atoms with van der Waals surface area (Å²) in [4.78, 5) is 0. The second-order valence-corrected chi connectivity index (χ2v) is 4.76. The van der Waals surface area contributed by atoms with Crippen molar-refractivity contribution in [3.63, 3.8) is 0 Å². The predicted octanol–water partition coefficient (Wildman–Crippen LogP) is 2.27. The van der Waals surface area contributed by atoms with Crippen molar-refractivity contribution in [3.05, 3.63) is 34.9 Å². The zero-order valence-corrected chi connectivity index (χ0v) is 9.99. The third kappa shape index (κ3) is 2.43. The lowest BCUT2D eigenvalue weighted by molar-refractivity contribution is -0.0444. The van der Waals surface area contributed by atoms with E-state index in [-0.39, 0.29) is 6.29 Å². The quantitative estimate of drug-likeness (QED) is 0.834. The van der Waals surface area contributed by atoms with Crippen molar-refractivity contribution >= 4 is 0 Å². The fraction of sp³-hybridized carbons (Fsp3) is 0.538. The van der Waals surface area contributed by atoms with Crippen LogP contribution in [-0.4, -0.2) is 18.3 Å². The fourth-order valence-electron chi connectivity index (χ4n) is 1.85. The Kier molecular flexibility index (Phi) is 3.02. The van der Waals surface area contributed by atoms with Gasteiger partial charge in [-0.3, -0.25) is 0 Å². The first-order valence-electron chi connectivity index (χ1n) is 5.54. The Bertz CT molecular complexity index is 373. The van der Waals surface area contributed by atoms with Crippen molar-refractivity contribution in [2.75, 3.05) is 13.2 Å². The van der Waals surface area contributed by atoms with E-state index in [1.807, 2.05) is 25.1 Å². The minimum absolute atomic E-state index is 0.277. The van der Waals surface area contributed by atoms with Crippen molar-refractivity contribution in [1.82, 2.24) is 0 Å². The molecule has 88 valence electrons. The summed E-state index contributed by atoms with van der Waals surface area (Å²) in [5, 5.41) is 10.00. The van der Waals surface area contributed by atoms with Gasteiger partial charge in [-0.1, -0.05) is 17.7 Å². The lowest BCUT2D eigenvalue weighted by Crippen LogP contribution is -2.16. The Morgan fingerprint density at radius 2 is 1.81 bits per heavy atom. The van der Waals surface area contributed by atoms with E-state index in [0.717, 1.165) is 16.7 Å². The van der Waals surface area contributed by atoms with Crippen LogP contribution in [0, 0.1) is 6.92 Å². The molecule has 2 rings (SSSR count). The third-order valence-corrected chi connectivity index (χ3v) is 2.70. The summed E-state index contributed by atoms with van der Waals surface area (Å²) in [5.74, 6) is 0. The molecule has 0 aliphatic carbocycles. The molecular formula is C13H18O3. The highest BCUT2D eigenvalue weighted by atomic mass is 16.7. The van der Waals surface area contributed by atoms with E-state index >= 15 is 0 Å². The number of rotatable bonds is 2. The first-order chi connectivity index (χ1) is 7.47. The molecule has 0 saturated carbocycles. The van der Waals surface area contributed by atoms with Crippen LogP contribution in [0.3, 0.4) is 0 Å². The average Bonchev–Trinajstić information content (AvgIpc) is 2.68. The standard InChI is InChI=1S/C13H18O3/c1-9-6-10(12-15-4-5-16-12)8-11(7-9)13(2,3)14/h6-8,12,14H,4-5H2,1-3H3. The number of hydrogen-bond acceptors (Lipinski definition) is 3. The van der Waals surface area contributed by atoms with E-state index in [1.54, 1.807) is 13.8 Å². The maximum atomic E-state index is 10.00. The second kappa shape index (κ2) is 4.17. The number of aryl methyl sites for hydroxylation is 1. The summed E-state index contributed by atoms with van der Waals surface area (Å²) < 4.78 is 10.9. The minimum atomic E-state index is -0.834. The summed E-state index contributed by atoms with van der Waals surface area (Å²) in [7, 11) is 0. The molecule has 1 aromatic rings. The van der Waals surface area contributed by atoms with Gasteiger partial charge in [-0.25, -0.2) is 0 Å². The molecule has 1 heterocycles. The SMILES string of the molecule is Cc1cc(C2OCCO2)cc(C(C)(C)O)c1. The molecule has 0 radical (unpaired) electrons.